The minimum Gasteiger partial charge on any atom is -0.348 e. The molecule has 2 aromatic rings. The third kappa shape index (κ3) is 6.12. The highest BCUT2D eigenvalue weighted by Crippen LogP contribution is 2.19. The highest BCUT2D eigenvalue weighted by atomic mass is 32.2. The second kappa shape index (κ2) is 9.84. The van der Waals surface area contributed by atoms with Crippen LogP contribution in [0.2, 0.25) is 0 Å². The van der Waals surface area contributed by atoms with Gasteiger partial charge in [0.05, 0.1) is 12.6 Å². The van der Waals surface area contributed by atoms with Gasteiger partial charge in [-0.05, 0) is 48.8 Å². The molecular formula is C21H29N3O3S2. The van der Waals surface area contributed by atoms with Crippen LogP contribution in [0.15, 0.2) is 46.0 Å². The average molecular weight is 436 g/mol. The van der Waals surface area contributed by atoms with Gasteiger partial charge in [0.1, 0.15) is 4.21 Å². The molecule has 1 aliphatic rings. The molecule has 2 heterocycles. The number of rotatable bonds is 8. The molecule has 1 aromatic carbocycles. The molecule has 0 radical (unpaired) electrons. The highest BCUT2D eigenvalue weighted by molar-refractivity contribution is 7.91. The van der Waals surface area contributed by atoms with Crippen molar-refractivity contribution in [3.05, 3.63) is 52.9 Å². The van der Waals surface area contributed by atoms with Crippen molar-refractivity contribution < 1.29 is 13.2 Å². The van der Waals surface area contributed by atoms with Crippen molar-refractivity contribution in [2.45, 2.75) is 49.4 Å². The zero-order chi connectivity index (χ0) is 20.9. The number of nitrogens with one attached hydrogen (secondary N) is 2. The number of hydrogen-bond acceptors (Lipinski definition) is 5. The van der Waals surface area contributed by atoms with E-state index in [1.165, 1.54) is 16.9 Å². The number of sulfonamides is 1. The third-order valence-corrected chi connectivity index (χ3v) is 8.22. The van der Waals surface area contributed by atoms with E-state index in [0.29, 0.717) is 36.7 Å². The Morgan fingerprint density at radius 1 is 1.21 bits per heavy atom. The van der Waals surface area contributed by atoms with Crippen molar-refractivity contribution in [1.82, 2.24) is 14.9 Å². The first-order valence-corrected chi connectivity index (χ1v) is 12.4. The maximum atomic E-state index is 12.4. The minimum absolute atomic E-state index is 0.00492. The molecule has 2 N–H and O–H groups in total. The van der Waals surface area contributed by atoms with E-state index in [1.54, 1.807) is 17.5 Å². The number of thiophene rings is 1. The smallest absolute Gasteiger partial charge is 0.250 e. The summed E-state index contributed by atoms with van der Waals surface area (Å²) in [6, 6.07) is 11.5. The monoisotopic (exact) mass is 435 g/mol. The topological polar surface area (TPSA) is 78.5 Å². The van der Waals surface area contributed by atoms with E-state index < -0.39 is 10.0 Å². The van der Waals surface area contributed by atoms with Gasteiger partial charge in [0, 0.05) is 19.1 Å². The van der Waals surface area contributed by atoms with Gasteiger partial charge in [0.2, 0.25) is 15.9 Å². The number of carbonyl (C=O) groups excluding carboxylic acids is 1. The number of carbonyl (C=O) groups is 1. The van der Waals surface area contributed by atoms with Crippen LogP contribution in [0.25, 0.3) is 0 Å². The van der Waals surface area contributed by atoms with Gasteiger partial charge < -0.3 is 5.32 Å². The van der Waals surface area contributed by atoms with E-state index in [1.807, 2.05) is 6.92 Å². The molecule has 1 amide bonds. The molecule has 158 valence electrons. The van der Waals surface area contributed by atoms with Gasteiger partial charge in [-0.15, -0.1) is 11.3 Å². The van der Waals surface area contributed by atoms with Crippen LogP contribution in [0.5, 0.6) is 0 Å². The molecule has 1 aliphatic heterocycles. The number of benzene rings is 1. The van der Waals surface area contributed by atoms with Crippen molar-refractivity contribution in [1.29, 1.82) is 0 Å². The Kier molecular flexibility index (Phi) is 7.45. The maximum absolute atomic E-state index is 12.4. The largest absolute Gasteiger partial charge is 0.348 e. The van der Waals surface area contributed by atoms with Gasteiger partial charge in [-0.2, -0.15) is 0 Å². The van der Waals surface area contributed by atoms with E-state index in [9.17, 15) is 13.2 Å². The van der Waals surface area contributed by atoms with Crippen LogP contribution >= 0.6 is 11.3 Å². The molecular weight excluding hydrogens is 406 g/mol. The van der Waals surface area contributed by atoms with Crippen molar-refractivity contribution in [2.24, 2.45) is 0 Å². The molecule has 1 atom stereocenters. The lowest BCUT2D eigenvalue weighted by Crippen LogP contribution is -2.47. The lowest BCUT2D eigenvalue weighted by molar-refractivity contribution is -0.123. The lowest BCUT2D eigenvalue weighted by atomic mass is 10.0. The summed E-state index contributed by atoms with van der Waals surface area (Å²) in [5.41, 5.74) is 2.38. The van der Waals surface area contributed by atoms with Crippen molar-refractivity contribution in [2.75, 3.05) is 19.6 Å². The average Bonchev–Trinajstić information content (AvgIpc) is 3.25. The Labute approximate surface area is 177 Å². The van der Waals surface area contributed by atoms with Crippen LogP contribution in [-0.2, 0) is 21.2 Å². The Hall–Kier alpha value is -1.74. The summed E-state index contributed by atoms with van der Waals surface area (Å²) in [6.07, 6.45) is 2.40. The summed E-state index contributed by atoms with van der Waals surface area (Å²) in [7, 11) is -3.44. The fraction of sp³-hybridized carbons (Fsp3) is 0.476. The van der Waals surface area contributed by atoms with E-state index in [2.05, 4.69) is 46.1 Å². The Balaban J connectivity index is 1.43. The second-order valence-corrected chi connectivity index (χ2v) is 10.4. The van der Waals surface area contributed by atoms with Crippen LogP contribution < -0.4 is 10.0 Å². The molecule has 8 heteroatoms. The van der Waals surface area contributed by atoms with Crippen LogP contribution in [0.3, 0.4) is 0 Å². The highest BCUT2D eigenvalue weighted by Gasteiger charge is 2.26. The van der Waals surface area contributed by atoms with Crippen LogP contribution in [0.4, 0.5) is 0 Å². The molecule has 29 heavy (non-hydrogen) atoms. The lowest BCUT2D eigenvalue weighted by Gasteiger charge is -2.31. The fourth-order valence-electron chi connectivity index (χ4n) is 3.52. The Morgan fingerprint density at radius 2 is 1.90 bits per heavy atom. The van der Waals surface area contributed by atoms with Crippen molar-refractivity contribution >= 4 is 27.3 Å². The molecule has 0 bridgehead atoms. The van der Waals surface area contributed by atoms with E-state index in [0.717, 1.165) is 12.0 Å². The first-order chi connectivity index (χ1) is 13.9. The van der Waals surface area contributed by atoms with Crippen molar-refractivity contribution in [3.63, 3.8) is 0 Å². The number of aryl methyl sites for hydroxylation is 1. The molecule has 1 fully saturated rings. The van der Waals surface area contributed by atoms with E-state index in [-0.39, 0.29) is 18.0 Å². The molecule has 1 unspecified atom stereocenters. The third-order valence-electron chi connectivity index (χ3n) is 5.30. The first kappa shape index (κ1) is 22.0. The first-order valence-electron chi connectivity index (χ1n) is 10.0. The number of likely N-dealkylation sites (tertiary alicyclic amines) is 1. The number of hydrogen-bond donors (Lipinski definition) is 2. The van der Waals surface area contributed by atoms with E-state index >= 15 is 0 Å². The Morgan fingerprint density at radius 3 is 2.48 bits per heavy atom. The normalized spacial score (nSPS) is 17.2. The summed E-state index contributed by atoms with van der Waals surface area (Å²) in [5.74, 6) is -0.00492. The van der Waals surface area contributed by atoms with Gasteiger partial charge in [0.25, 0.3) is 0 Å². The summed E-state index contributed by atoms with van der Waals surface area (Å²) in [4.78, 5) is 14.5. The number of piperidine rings is 1. The van der Waals surface area contributed by atoms with Gasteiger partial charge in [-0.25, -0.2) is 13.1 Å². The van der Waals surface area contributed by atoms with E-state index in [4.69, 9.17) is 0 Å². The molecule has 0 saturated carbocycles. The molecule has 1 aromatic heterocycles. The molecule has 6 nitrogen and oxygen atoms in total. The summed E-state index contributed by atoms with van der Waals surface area (Å²) in [6.45, 7) is 5.85. The quantitative estimate of drug-likeness (QED) is 0.668. The number of amides is 1. The van der Waals surface area contributed by atoms with Gasteiger partial charge >= 0.3 is 0 Å². The molecule has 0 spiro atoms. The number of nitrogens with zero attached hydrogens (tertiary/aromatic N) is 1. The zero-order valence-corrected chi connectivity index (χ0v) is 18.6. The van der Waals surface area contributed by atoms with Crippen LogP contribution in [0, 0.1) is 0 Å². The zero-order valence-electron chi connectivity index (χ0n) is 16.9. The molecule has 0 aliphatic carbocycles. The van der Waals surface area contributed by atoms with Crippen LogP contribution in [-0.4, -0.2) is 44.9 Å². The van der Waals surface area contributed by atoms with Gasteiger partial charge in [-0.3, -0.25) is 9.69 Å². The SMILES string of the molecule is CCc1ccc(C(C)NC(=O)CN2CCC(NS(=O)(=O)c3cccs3)CC2)cc1. The minimum atomic E-state index is -3.44. The molecule has 3 rings (SSSR count). The fourth-order valence-corrected chi connectivity index (χ4v) is 5.83. The summed E-state index contributed by atoms with van der Waals surface area (Å²) >= 11 is 1.22. The summed E-state index contributed by atoms with van der Waals surface area (Å²) in [5, 5.41) is 4.82. The molecule has 1 saturated heterocycles. The van der Waals surface area contributed by atoms with Gasteiger partial charge in [-0.1, -0.05) is 37.3 Å². The van der Waals surface area contributed by atoms with Crippen LogP contribution in [0.1, 0.15) is 43.9 Å². The summed E-state index contributed by atoms with van der Waals surface area (Å²) < 4.78 is 27.8. The predicted molar refractivity (Wildman–Crippen MR) is 116 cm³/mol. The predicted octanol–water partition coefficient (Wildman–Crippen LogP) is 2.93. The second-order valence-electron chi connectivity index (χ2n) is 7.49. The van der Waals surface area contributed by atoms with Gasteiger partial charge in [0.15, 0.2) is 0 Å². The Bertz CT molecular complexity index is 888. The standard InChI is InChI=1S/C21H29N3O3S2/c1-3-17-6-8-18(9-7-17)16(2)22-20(25)15-24-12-10-19(11-13-24)23-29(26,27)21-5-4-14-28-21/h4-9,14,16,19,23H,3,10-13,15H2,1-2H3,(H,22,25). The maximum Gasteiger partial charge on any atom is 0.250 e. The van der Waals surface area contributed by atoms with Crippen molar-refractivity contribution in [3.8, 4) is 0 Å².